The summed E-state index contributed by atoms with van der Waals surface area (Å²) in [4.78, 5) is 25.8. The van der Waals surface area contributed by atoms with Crippen LogP contribution < -0.4 is 11.1 Å². The molecule has 1 saturated heterocycles. The Kier molecular flexibility index (Phi) is 8.16. The minimum Gasteiger partial charge on any atom is -0.383 e. The monoisotopic (exact) mass is 572 g/mol. The molecule has 42 heavy (non-hydrogen) atoms. The molecule has 4 aromatic rings. The Morgan fingerprint density at radius 1 is 1.00 bits per heavy atom. The van der Waals surface area contributed by atoms with E-state index in [0.717, 1.165) is 35.5 Å². The van der Waals surface area contributed by atoms with Crippen LogP contribution in [0, 0.1) is 25.7 Å². The number of nitrogens with one attached hydrogen (secondary N) is 1. The van der Waals surface area contributed by atoms with Gasteiger partial charge in [0.15, 0.2) is 0 Å². The SMILES string of the molecule is Cc1ccc2cnc(N)c(C#Cc3cc(C(=O)Nc4ccc(CN5CCN(C)CC5)c(C(F)(F)F)c4)cnc3C)c2c1. The summed E-state index contributed by atoms with van der Waals surface area (Å²) < 4.78 is 42.0. The van der Waals surface area contributed by atoms with E-state index in [0.29, 0.717) is 29.9 Å². The molecule has 1 aliphatic heterocycles. The maximum Gasteiger partial charge on any atom is 0.416 e. The summed E-state index contributed by atoms with van der Waals surface area (Å²) in [6, 6.07) is 11.4. The van der Waals surface area contributed by atoms with Crippen LogP contribution in [0.15, 0.2) is 54.9 Å². The van der Waals surface area contributed by atoms with Crippen LogP contribution in [0.5, 0.6) is 0 Å². The Morgan fingerprint density at radius 3 is 2.50 bits per heavy atom. The number of aryl methyl sites for hydroxylation is 2. The number of aromatic nitrogens is 2. The van der Waals surface area contributed by atoms with Gasteiger partial charge in [-0.2, -0.15) is 13.2 Å². The lowest BCUT2D eigenvalue weighted by atomic mass is 10.0. The number of piperazine rings is 1. The van der Waals surface area contributed by atoms with Gasteiger partial charge in [-0.25, -0.2) is 4.98 Å². The van der Waals surface area contributed by atoms with Crippen LogP contribution in [0.3, 0.4) is 0 Å². The third-order valence-electron chi connectivity index (χ3n) is 7.41. The van der Waals surface area contributed by atoms with E-state index in [9.17, 15) is 18.0 Å². The van der Waals surface area contributed by atoms with Crippen LogP contribution in [0.4, 0.5) is 24.7 Å². The molecule has 0 saturated carbocycles. The molecular formula is C32H31F3N6O. The predicted molar refractivity (Wildman–Crippen MR) is 158 cm³/mol. The van der Waals surface area contributed by atoms with Crippen LogP contribution in [0.2, 0.25) is 0 Å². The molecule has 3 N–H and O–H groups in total. The highest BCUT2D eigenvalue weighted by molar-refractivity contribution is 6.04. The second-order valence-corrected chi connectivity index (χ2v) is 10.6. The zero-order valence-corrected chi connectivity index (χ0v) is 23.6. The average molecular weight is 573 g/mol. The number of amides is 1. The molecule has 10 heteroatoms. The van der Waals surface area contributed by atoms with Gasteiger partial charge in [0.2, 0.25) is 0 Å². The number of nitrogen functional groups attached to an aromatic ring is 1. The van der Waals surface area contributed by atoms with Crippen LogP contribution in [-0.2, 0) is 12.7 Å². The lowest BCUT2D eigenvalue weighted by Gasteiger charge is -2.33. The van der Waals surface area contributed by atoms with Gasteiger partial charge in [-0.3, -0.25) is 14.7 Å². The molecule has 1 amide bonds. The number of halogens is 3. The van der Waals surface area contributed by atoms with Crippen molar-refractivity contribution in [2.24, 2.45) is 0 Å². The van der Waals surface area contributed by atoms with Crippen molar-refractivity contribution in [2.75, 3.05) is 44.3 Å². The minimum atomic E-state index is -4.56. The molecule has 0 radical (unpaired) electrons. The number of nitrogens with two attached hydrogens (primary N) is 1. The molecule has 5 rings (SSSR count). The Bertz CT molecular complexity index is 1710. The first kappa shape index (κ1) is 29.0. The summed E-state index contributed by atoms with van der Waals surface area (Å²) >= 11 is 0. The number of fused-ring (bicyclic) bond motifs is 1. The number of hydrogen-bond acceptors (Lipinski definition) is 6. The molecule has 7 nitrogen and oxygen atoms in total. The molecule has 216 valence electrons. The number of carbonyl (C=O) groups excluding carboxylic acids is 1. The van der Waals surface area contributed by atoms with Crippen molar-refractivity contribution in [2.45, 2.75) is 26.6 Å². The van der Waals surface area contributed by atoms with Crippen LogP contribution in [-0.4, -0.2) is 58.9 Å². The summed E-state index contributed by atoms with van der Waals surface area (Å²) in [5.41, 5.74) is 8.47. The average Bonchev–Trinajstić information content (AvgIpc) is 2.94. The van der Waals surface area contributed by atoms with Gasteiger partial charge in [0.05, 0.1) is 22.4 Å². The van der Waals surface area contributed by atoms with E-state index in [2.05, 4.69) is 32.0 Å². The van der Waals surface area contributed by atoms with Gasteiger partial charge in [0.1, 0.15) is 5.82 Å². The normalized spacial score (nSPS) is 14.4. The van der Waals surface area contributed by atoms with Gasteiger partial charge in [-0.05, 0) is 50.7 Å². The van der Waals surface area contributed by atoms with Crippen molar-refractivity contribution in [3.63, 3.8) is 0 Å². The zero-order valence-electron chi connectivity index (χ0n) is 23.6. The highest BCUT2D eigenvalue weighted by Gasteiger charge is 2.34. The van der Waals surface area contributed by atoms with Crippen molar-refractivity contribution in [3.8, 4) is 11.8 Å². The number of pyridine rings is 2. The van der Waals surface area contributed by atoms with E-state index >= 15 is 0 Å². The predicted octanol–water partition coefficient (Wildman–Crippen LogP) is 5.25. The molecule has 0 aliphatic carbocycles. The molecule has 1 fully saturated rings. The summed E-state index contributed by atoms with van der Waals surface area (Å²) in [7, 11) is 1.99. The fourth-order valence-corrected chi connectivity index (χ4v) is 4.89. The number of hydrogen-bond donors (Lipinski definition) is 2. The molecule has 2 aromatic carbocycles. The molecule has 3 heterocycles. The fourth-order valence-electron chi connectivity index (χ4n) is 4.89. The summed E-state index contributed by atoms with van der Waals surface area (Å²) in [5, 5.41) is 4.35. The van der Waals surface area contributed by atoms with E-state index in [1.807, 2.05) is 37.1 Å². The number of rotatable bonds is 4. The molecule has 0 unspecified atom stereocenters. The van der Waals surface area contributed by atoms with Crippen molar-refractivity contribution in [1.82, 2.24) is 19.8 Å². The summed E-state index contributed by atoms with van der Waals surface area (Å²) in [6.45, 7) is 6.92. The Labute approximate surface area is 242 Å². The van der Waals surface area contributed by atoms with Crippen LogP contribution in [0.1, 0.15) is 43.9 Å². The van der Waals surface area contributed by atoms with Crippen molar-refractivity contribution >= 4 is 28.2 Å². The van der Waals surface area contributed by atoms with Crippen molar-refractivity contribution in [3.05, 3.63) is 93.9 Å². The van der Waals surface area contributed by atoms with Crippen molar-refractivity contribution in [1.29, 1.82) is 0 Å². The van der Waals surface area contributed by atoms with Gasteiger partial charge in [0, 0.05) is 67.1 Å². The number of benzene rings is 2. The topological polar surface area (TPSA) is 87.4 Å². The maximum atomic E-state index is 14.0. The maximum absolute atomic E-state index is 14.0. The van der Waals surface area contributed by atoms with Gasteiger partial charge < -0.3 is 16.0 Å². The number of anilines is 2. The molecule has 2 aromatic heterocycles. The molecule has 0 atom stereocenters. The molecule has 0 spiro atoms. The Hall–Kier alpha value is -4.46. The molecular weight excluding hydrogens is 541 g/mol. The van der Waals surface area contributed by atoms with E-state index in [1.54, 1.807) is 19.2 Å². The first-order chi connectivity index (χ1) is 20.0. The van der Waals surface area contributed by atoms with Gasteiger partial charge in [-0.15, -0.1) is 0 Å². The lowest BCUT2D eigenvalue weighted by Crippen LogP contribution is -2.44. The summed E-state index contributed by atoms with van der Waals surface area (Å²) in [6.07, 6.45) is -1.50. The van der Waals surface area contributed by atoms with Gasteiger partial charge in [0.25, 0.3) is 5.91 Å². The van der Waals surface area contributed by atoms with Crippen molar-refractivity contribution < 1.29 is 18.0 Å². The smallest absolute Gasteiger partial charge is 0.383 e. The van der Waals surface area contributed by atoms with E-state index in [1.165, 1.54) is 18.3 Å². The third-order valence-corrected chi connectivity index (χ3v) is 7.41. The first-order valence-corrected chi connectivity index (χ1v) is 13.5. The molecule has 0 bridgehead atoms. The van der Waals surface area contributed by atoms with E-state index in [4.69, 9.17) is 5.73 Å². The second-order valence-electron chi connectivity index (χ2n) is 10.6. The highest BCUT2D eigenvalue weighted by Crippen LogP contribution is 2.35. The van der Waals surface area contributed by atoms with Gasteiger partial charge >= 0.3 is 6.18 Å². The minimum absolute atomic E-state index is 0.0487. The third kappa shape index (κ3) is 6.54. The largest absolute Gasteiger partial charge is 0.416 e. The number of nitrogens with zero attached hydrogens (tertiary/aromatic N) is 4. The number of carbonyl (C=O) groups is 1. The van der Waals surface area contributed by atoms with Gasteiger partial charge in [-0.1, -0.05) is 35.6 Å². The fraction of sp³-hybridized carbons (Fsp3) is 0.281. The first-order valence-electron chi connectivity index (χ1n) is 13.5. The quantitative estimate of drug-likeness (QED) is 0.325. The van der Waals surface area contributed by atoms with E-state index < -0.39 is 17.6 Å². The molecule has 1 aliphatic rings. The highest BCUT2D eigenvalue weighted by atomic mass is 19.4. The second kappa shape index (κ2) is 11.8. The number of likely N-dealkylation sites (N-methyl/N-ethyl adjacent to an activating group) is 1. The zero-order chi connectivity index (χ0) is 30.0. The van der Waals surface area contributed by atoms with Crippen LogP contribution in [0.25, 0.3) is 10.8 Å². The summed E-state index contributed by atoms with van der Waals surface area (Å²) in [5.74, 6) is 5.83. The Balaban J connectivity index is 1.39. The lowest BCUT2D eigenvalue weighted by molar-refractivity contribution is -0.138. The van der Waals surface area contributed by atoms with Crippen LogP contribution >= 0.6 is 0 Å². The Morgan fingerprint density at radius 2 is 1.76 bits per heavy atom. The number of alkyl halides is 3. The standard InChI is InChI=1S/C32H31F3N6O/c1-20-4-5-23-17-38-30(36)27(28(23)14-20)9-7-22-15-25(18-37-21(22)2)31(42)39-26-8-6-24(29(16-26)32(33,34)35)19-41-12-10-40(3)11-13-41/h4-6,8,14-18H,10-13,19H2,1-3H3,(H2,36,38)(H,39,42). The van der Waals surface area contributed by atoms with E-state index in [-0.39, 0.29) is 29.2 Å².